The largest absolute Gasteiger partial charge is 0.493 e. The molecule has 1 N–H and O–H groups in total. The molecule has 0 unspecified atom stereocenters. The van der Waals surface area contributed by atoms with Crippen molar-refractivity contribution in [2.45, 2.75) is 33.1 Å². The highest BCUT2D eigenvalue weighted by atomic mass is 16.5. The van der Waals surface area contributed by atoms with Crippen LogP contribution in [0.2, 0.25) is 0 Å². The topological polar surface area (TPSA) is 58.6 Å². The van der Waals surface area contributed by atoms with E-state index in [-0.39, 0.29) is 11.8 Å². The van der Waals surface area contributed by atoms with E-state index < -0.39 is 0 Å². The van der Waals surface area contributed by atoms with E-state index in [2.05, 4.69) is 12.2 Å². The number of ether oxygens (including phenoxy) is 1. The van der Waals surface area contributed by atoms with Gasteiger partial charge in [0.2, 0.25) is 5.91 Å². The Hall–Kier alpha value is -2.82. The molecule has 5 nitrogen and oxygen atoms in total. The minimum atomic E-state index is -0.202. The van der Waals surface area contributed by atoms with Crippen LogP contribution >= 0.6 is 0 Å². The summed E-state index contributed by atoms with van der Waals surface area (Å²) in [4.78, 5) is 26.6. The van der Waals surface area contributed by atoms with Crippen LogP contribution in [0, 0.1) is 0 Å². The Morgan fingerprint density at radius 1 is 1.15 bits per heavy atom. The van der Waals surface area contributed by atoms with Gasteiger partial charge in [-0.25, -0.2) is 0 Å². The monoisotopic (exact) mass is 352 g/mol. The third-order valence-corrected chi connectivity index (χ3v) is 4.42. The molecule has 0 atom stereocenters. The molecule has 0 bridgehead atoms. The number of benzene rings is 2. The number of carbonyl (C=O) groups excluding carboxylic acids is 2. The van der Waals surface area contributed by atoms with Gasteiger partial charge in [0, 0.05) is 24.3 Å². The van der Waals surface area contributed by atoms with E-state index in [0.717, 1.165) is 29.9 Å². The highest BCUT2D eigenvalue weighted by Gasteiger charge is 2.23. The summed E-state index contributed by atoms with van der Waals surface area (Å²) in [6.07, 6.45) is 2.13. The maximum Gasteiger partial charge on any atom is 0.259 e. The van der Waals surface area contributed by atoms with E-state index >= 15 is 0 Å². The number of anilines is 2. The predicted molar refractivity (Wildman–Crippen MR) is 103 cm³/mol. The summed E-state index contributed by atoms with van der Waals surface area (Å²) in [5, 5.41) is 2.94. The molecule has 26 heavy (non-hydrogen) atoms. The van der Waals surface area contributed by atoms with Crippen molar-refractivity contribution in [1.29, 1.82) is 0 Å². The molecule has 0 spiro atoms. The quantitative estimate of drug-likeness (QED) is 0.854. The number of carbonyl (C=O) groups is 2. The SMILES string of the molecule is CCCN1C(=O)CCc2cc(NC(=O)c3ccccc3OCC)ccc21. The minimum Gasteiger partial charge on any atom is -0.493 e. The molecule has 136 valence electrons. The molecule has 3 rings (SSSR count). The fraction of sp³-hybridized carbons (Fsp3) is 0.333. The zero-order valence-corrected chi connectivity index (χ0v) is 15.2. The Labute approximate surface area is 154 Å². The number of hydrogen-bond acceptors (Lipinski definition) is 3. The van der Waals surface area contributed by atoms with Gasteiger partial charge in [0.25, 0.3) is 5.91 Å². The van der Waals surface area contributed by atoms with E-state index in [4.69, 9.17) is 4.74 Å². The summed E-state index contributed by atoms with van der Waals surface area (Å²) in [5.74, 6) is 0.540. The van der Waals surface area contributed by atoms with Gasteiger partial charge in [-0.1, -0.05) is 19.1 Å². The van der Waals surface area contributed by atoms with Gasteiger partial charge in [-0.15, -0.1) is 0 Å². The van der Waals surface area contributed by atoms with E-state index in [1.54, 1.807) is 12.1 Å². The second kappa shape index (κ2) is 8.04. The van der Waals surface area contributed by atoms with Crippen LogP contribution in [0.1, 0.15) is 42.6 Å². The van der Waals surface area contributed by atoms with Crippen LogP contribution in [-0.4, -0.2) is 25.0 Å². The van der Waals surface area contributed by atoms with Gasteiger partial charge in [0.1, 0.15) is 5.75 Å². The zero-order valence-electron chi connectivity index (χ0n) is 15.2. The smallest absolute Gasteiger partial charge is 0.259 e. The summed E-state index contributed by atoms with van der Waals surface area (Å²) in [5.41, 5.74) is 3.28. The standard InChI is InChI=1S/C21H24N2O3/c1-3-13-23-18-11-10-16(14-15(18)9-12-20(23)24)22-21(25)17-7-5-6-8-19(17)26-4-2/h5-8,10-11,14H,3-4,9,12-13H2,1-2H3,(H,22,25). The van der Waals surface area contributed by atoms with Gasteiger partial charge in [-0.05, 0) is 55.7 Å². The molecular formula is C21H24N2O3. The molecule has 1 heterocycles. The van der Waals surface area contributed by atoms with Crippen molar-refractivity contribution >= 4 is 23.2 Å². The Morgan fingerprint density at radius 2 is 1.96 bits per heavy atom. The van der Waals surface area contributed by atoms with Crippen molar-refractivity contribution in [3.63, 3.8) is 0 Å². The van der Waals surface area contributed by atoms with Gasteiger partial charge in [-0.3, -0.25) is 9.59 Å². The highest BCUT2D eigenvalue weighted by Crippen LogP contribution is 2.31. The number of fused-ring (bicyclic) bond motifs is 1. The van der Waals surface area contributed by atoms with Gasteiger partial charge in [0.05, 0.1) is 12.2 Å². The summed E-state index contributed by atoms with van der Waals surface area (Å²) < 4.78 is 5.53. The van der Waals surface area contributed by atoms with Crippen molar-refractivity contribution in [3.05, 3.63) is 53.6 Å². The fourth-order valence-corrected chi connectivity index (χ4v) is 3.24. The first-order chi connectivity index (χ1) is 12.6. The molecule has 0 radical (unpaired) electrons. The van der Waals surface area contributed by atoms with Crippen LogP contribution in [0.3, 0.4) is 0 Å². The first kappa shape index (κ1) is 18.0. The lowest BCUT2D eigenvalue weighted by Crippen LogP contribution is -2.35. The zero-order chi connectivity index (χ0) is 18.5. The minimum absolute atomic E-state index is 0.168. The predicted octanol–water partition coefficient (Wildman–Crippen LogP) is 4.03. The number of nitrogens with one attached hydrogen (secondary N) is 1. The van der Waals surface area contributed by atoms with E-state index in [9.17, 15) is 9.59 Å². The molecule has 2 aromatic rings. The Morgan fingerprint density at radius 3 is 2.73 bits per heavy atom. The number of nitrogens with zero attached hydrogens (tertiary/aromatic N) is 1. The molecular weight excluding hydrogens is 328 g/mol. The number of hydrogen-bond donors (Lipinski definition) is 1. The van der Waals surface area contributed by atoms with E-state index in [1.165, 1.54) is 0 Å². The molecule has 5 heteroatoms. The second-order valence-corrected chi connectivity index (χ2v) is 6.27. The molecule has 0 saturated carbocycles. The molecule has 0 aliphatic carbocycles. The lowest BCUT2D eigenvalue weighted by molar-refractivity contribution is -0.118. The van der Waals surface area contributed by atoms with Crippen LogP contribution in [0.15, 0.2) is 42.5 Å². The van der Waals surface area contributed by atoms with Crippen molar-refractivity contribution in [3.8, 4) is 5.75 Å². The summed E-state index contributed by atoms with van der Waals surface area (Å²) in [6.45, 7) is 5.18. The summed E-state index contributed by atoms with van der Waals surface area (Å²) in [7, 11) is 0. The number of rotatable bonds is 6. The van der Waals surface area contributed by atoms with Gasteiger partial charge in [0.15, 0.2) is 0 Å². The molecule has 0 fully saturated rings. The van der Waals surface area contributed by atoms with Crippen LogP contribution in [-0.2, 0) is 11.2 Å². The van der Waals surface area contributed by atoms with Crippen molar-refractivity contribution in [2.75, 3.05) is 23.4 Å². The molecule has 2 amide bonds. The number of aryl methyl sites for hydroxylation is 1. The first-order valence-electron chi connectivity index (χ1n) is 9.10. The molecule has 0 aromatic heterocycles. The van der Waals surface area contributed by atoms with Gasteiger partial charge >= 0.3 is 0 Å². The lowest BCUT2D eigenvalue weighted by Gasteiger charge is -2.29. The average Bonchev–Trinajstić information content (AvgIpc) is 2.65. The first-order valence-corrected chi connectivity index (χ1v) is 9.10. The Kier molecular flexibility index (Phi) is 5.56. The van der Waals surface area contributed by atoms with Crippen LogP contribution in [0.4, 0.5) is 11.4 Å². The van der Waals surface area contributed by atoms with Crippen LogP contribution in [0.25, 0.3) is 0 Å². The third kappa shape index (κ3) is 3.72. The van der Waals surface area contributed by atoms with Gasteiger partial charge in [-0.2, -0.15) is 0 Å². The highest BCUT2D eigenvalue weighted by molar-refractivity contribution is 6.06. The third-order valence-electron chi connectivity index (χ3n) is 4.42. The molecule has 0 saturated heterocycles. The normalized spacial score (nSPS) is 13.3. The van der Waals surface area contributed by atoms with E-state index in [0.29, 0.717) is 30.8 Å². The summed E-state index contributed by atoms with van der Waals surface area (Å²) in [6, 6.07) is 12.9. The second-order valence-electron chi connectivity index (χ2n) is 6.27. The number of amides is 2. The van der Waals surface area contributed by atoms with E-state index in [1.807, 2.05) is 42.2 Å². The lowest BCUT2D eigenvalue weighted by atomic mass is 10.00. The van der Waals surface area contributed by atoms with Gasteiger partial charge < -0.3 is 15.0 Å². The Balaban J connectivity index is 1.82. The maximum absolute atomic E-state index is 12.6. The average molecular weight is 352 g/mol. The van der Waals surface area contributed by atoms with Crippen LogP contribution < -0.4 is 15.0 Å². The van der Waals surface area contributed by atoms with Crippen molar-refractivity contribution < 1.29 is 14.3 Å². The number of para-hydroxylation sites is 1. The molecule has 2 aromatic carbocycles. The molecule has 1 aliphatic rings. The van der Waals surface area contributed by atoms with Crippen molar-refractivity contribution in [2.24, 2.45) is 0 Å². The van der Waals surface area contributed by atoms with Crippen molar-refractivity contribution in [1.82, 2.24) is 0 Å². The van der Waals surface area contributed by atoms with Crippen LogP contribution in [0.5, 0.6) is 5.75 Å². The summed E-state index contributed by atoms with van der Waals surface area (Å²) >= 11 is 0. The molecule has 1 aliphatic heterocycles. The fourth-order valence-electron chi connectivity index (χ4n) is 3.24. The maximum atomic E-state index is 12.6. The Bertz CT molecular complexity index is 817.